The monoisotopic (exact) mass is 316 g/mol. The highest BCUT2D eigenvalue weighted by Crippen LogP contribution is 2.22. The highest BCUT2D eigenvalue weighted by molar-refractivity contribution is 14.1. The molecule has 0 fully saturated rings. The third-order valence-electron chi connectivity index (χ3n) is 1.15. The SMILES string of the molecule is CC(CCl)(CI)OCC(F)(F)F. The maximum absolute atomic E-state index is 11.7. The predicted octanol–water partition coefficient (Wildman–Crippen LogP) is 3.00. The van der Waals surface area contributed by atoms with E-state index in [0.717, 1.165) is 0 Å². The molecule has 12 heavy (non-hydrogen) atoms. The van der Waals surface area contributed by atoms with Crippen LogP contribution in [0.3, 0.4) is 0 Å². The molecule has 0 saturated heterocycles. The normalized spacial score (nSPS) is 17.5. The minimum Gasteiger partial charge on any atom is -0.364 e. The Morgan fingerprint density at radius 3 is 2.17 bits per heavy atom. The third kappa shape index (κ3) is 5.42. The maximum atomic E-state index is 11.7. The van der Waals surface area contributed by atoms with E-state index in [4.69, 9.17) is 11.6 Å². The van der Waals surface area contributed by atoms with Crippen LogP contribution in [-0.2, 0) is 4.74 Å². The quantitative estimate of drug-likeness (QED) is 0.572. The molecular weight excluding hydrogens is 307 g/mol. The summed E-state index contributed by atoms with van der Waals surface area (Å²) in [5.74, 6) is 0.0615. The zero-order valence-corrected chi connectivity index (χ0v) is 9.33. The van der Waals surface area contributed by atoms with E-state index in [2.05, 4.69) is 4.74 Å². The highest BCUT2D eigenvalue weighted by Gasteiger charge is 2.33. The number of alkyl halides is 5. The lowest BCUT2D eigenvalue weighted by Crippen LogP contribution is -2.36. The zero-order chi connectivity index (χ0) is 9.83. The fourth-order valence-electron chi connectivity index (χ4n) is 0.369. The van der Waals surface area contributed by atoms with Crippen molar-refractivity contribution >= 4 is 34.2 Å². The van der Waals surface area contributed by atoms with Gasteiger partial charge < -0.3 is 4.74 Å². The number of hydrogen-bond donors (Lipinski definition) is 0. The van der Waals surface area contributed by atoms with Gasteiger partial charge in [0.1, 0.15) is 6.61 Å². The maximum Gasteiger partial charge on any atom is 0.411 e. The van der Waals surface area contributed by atoms with Gasteiger partial charge in [-0.3, -0.25) is 0 Å². The van der Waals surface area contributed by atoms with Crippen LogP contribution in [0.2, 0.25) is 0 Å². The van der Waals surface area contributed by atoms with Gasteiger partial charge in [-0.2, -0.15) is 13.2 Å². The van der Waals surface area contributed by atoms with E-state index in [0.29, 0.717) is 4.43 Å². The van der Waals surface area contributed by atoms with Gasteiger partial charge in [-0.25, -0.2) is 0 Å². The number of ether oxygens (including phenoxy) is 1. The summed E-state index contributed by atoms with van der Waals surface area (Å²) in [7, 11) is 0. The molecule has 0 aromatic heterocycles. The Hall–Kier alpha value is 0.770. The Morgan fingerprint density at radius 1 is 1.42 bits per heavy atom. The number of hydrogen-bond acceptors (Lipinski definition) is 1. The summed E-state index contributed by atoms with van der Waals surface area (Å²) in [6, 6.07) is 0. The van der Waals surface area contributed by atoms with Crippen LogP contribution in [0.1, 0.15) is 6.92 Å². The van der Waals surface area contributed by atoms with E-state index in [1.807, 2.05) is 22.6 Å². The third-order valence-corrected chi connectivity index (χ3v) is 3.33. The Balaban J connectivity index is 3.89. The van der Waals surface area contributed by atoms with Gasteiger partial charge in [0, 0.05) is 4.43 Å². The van der Waals surface area contributed by atoms with Crippen LogP contribution in [0.25, 0.3) is 0 Å². The molecule has 0 aliphatic rings. The summed E-state index contributed by atoms with van der Waals surface area (Å²) >= 11 is 7.38. The lowest BCUT2D eigenvalue weighted by Gasteiger charge is -2.25. The first-order chi connectivity index (χ1) is 5.33. The smallest absolute Gasteiger partial charge is 0.364 e. The van der Waals surface area contributed by atoms with Gasteiger partial charge in [0.25, 0.3) is 0 Å². The van der Waals surface area contributed by atoms with Gasteiger partial charge in [-0.05, 0) is 6.92 Å². The molecule has 0 aliphatic carbocycles. The molecule has 0 aromatic rings. The van der Waals surface area contributed by atoms with E-state index in [-0.39, 0.29) is 5.88 Å². The van der Waals surface area contributed by atoms with Crippen LogP contribution >= 0.6 is 34.2 Å². The summed E-state index contributed by atoms with van der Waals surface area (Å²) < 4.78 is 40.1. The zero-order valence-electron chi connectivity index (χ0n) is 6.42. The second-order valence-corrected chi connectivity index (χ2v) is 3.65. The van der Waals surface area contributed by atoms with Gasteiger partial charge >= 0.3 is 6.18 Å². The molecule has 1 atom stereocenters. The Bertz CT molecular complexity index is 135. The number of halogens is 5. The largest absolute Gasteiger partial charge is 0.411 e. The topological polar surface area (TPSA) is 9.23 Å². The standard InChI is InChI=1S/C6H9ClF3IO/c1-5(2-7,3-11)12-4-6(8,9)10/h2-4H2,1H3. The summed E-state index contributed by atoms with van der Waals surface area (Å²) in [6.45, 7) is 0.317. The van der Waals surface area contributed by atoms with E-state index < -0.39 is 18.4 Å². The minimum atomic E-state index is -4.28. The average Bonchev–Trinajstić information content (AvgIpc) is 1.99. The van der Waals surface area contributed by atoms with E-state index in [1.165, 1.54) is 0 Å². The number of rotatable bonds is 4. The van der Waals surface area contributed by atoms with Crippen molar-refractivity contribution in [2.75, 3.05) is 16.9 Å². The van der Waals surface area contributed by atoms with Crippen molar-refractivity contribution < 1.29 is 17.9 Å². The first-order valence-corrected chi connectivity index (χ1v) is 5.22. The molecule has 6 heteroatoms. The van der Waals surface area contributed by atoms with Crippen molar-refractivity contribution in [1.82, 2.24) is 0 Å². The summed E-state index contributed by atoms with van der Waals surface area (Å²) in [6.07, 6.45) is -4.28. The van der Waals surface area contributed by atoms with Crippen molar-refractivity contribution in [3.05, 3.63) is 0 Å². The fraction of sp³-hybridized carbons (Fsp3) is 1.00. The molecule has 0 radical (unpaired) electrons. The molecule has 0 heterocycles. The molecule has 0 bridgehead atoms. The molecule has 0 aromatic carbocycles. The predicted molar refractivity (Wildman–Crippen MR) is 50.0 cm³/mol. The summed E-state index contributed by atoms with van der Waals surface area (Å²) in [5, 5.41) is 0. The van der Waals surface area contributed by atoms with Crippen LogP contribution in [0, 0.1) is 0 Å². The van der Waals surface area contributed by atoms with Crippen LogP contribution in [0.4, 0.5) is 13.2 Å². The van der Waals surface area contributed by atoms with Gasteiger partial charge in [0.2, 0.25) is 0 Å². The van der Waals surface area contributed by atoms with Crippen molar-refractivity contribution in [2.45, 2.75) is 18.7 Å². The molecule has 1 nitrogen and oxygen atoms in total. The fourth-order valence-corrected chi connectivity index (χ4v) is 1.35. The molecule has 1 unspecified atom stereocenters. The minimum absolute atomic E-state index is 0.0615. The van der Waals surface area contributed by atoms with Crippen molar-refractivity contribution in [2.24, 2.45) is 0 Å². The molecule has 0 rings (SSSR count). The van der Waals surface area contributed by atoms with Gasteiger partial charge in [0.15, 0.2) is 0 Å². The first kappa shape index (κ1) is 12.8. The van der Waals surface area contributed by atoms with Gasteiger partial charge in [-0.15, -0.1) is 11.6 Å². The lowest BCUT2D eigenvalue weighted by atomic mass is 10.2. The van der Waals surface area contributed by atoms with Crippen molar-refractivity contribution in [3.63, 3.8) is 0 Å². The Labute approximate surface area is 87.7 Å². The van der Waals surface area contributed by atoms with Crippen LogP contribution in [0.15, 0.2) is 0 Å². The highest BCUT2D eigenvalue weighted by atomic mass is 127. The molecule has 0 spiro atoms. The molecule has 74 valence electrons. The summed E-state index contributed by atoms with van der Waals surface area (Å²) in [4.78, 5) is 0. The Kier molecular flexibility index (Phi) is 5.17. The van der Waals surface area contributed by atoms with Gasteiger partial charge in [-0.1, -0.05) is 22.6 Å². The van der Waals surface area contributed by atoms with E-state index in [1.54, 1.807) is 6.92 Å². The molecule has 0 saturated carbocycles. The van der Waals surface area contributed by atoms with Gasteiger partial charge in [0.05, 0.1) is 11.5 Å². The summed E-state index contributed by atoms with van der Waals surface area (Å²) in [5.41, 5.74) is -0.877. The van der Waals surface area contributed by atoms with Crippen LogP contribution in [-0.4, -0.2) is 28.7 Å². The average molecular weight is 316 g/mol. The second kappa shape index (κ2) is 4.85. The van der Waals surface area contributed by atoms with Crippen LogP contribution < -0.4 is 0 Å². The van der Waals surface area contributed by atoms with Crippen molar-refractivity contribution in [1.29, 1.82) is 0 Å². The molecular formula is C6H9ClF3IO. The first-order valence-electron chi connectivity index (χ1n) is 3.15. The second-order valence-electron chi connectivity index (χ2n) is 2.62. The molecule has 0 aliphatic heterocycles. The molecule has 0 N–H and O–H groups in total. The van der Waals surface area contributed by atoms with Crippen LogP contribution in [0.5, 0.6) is 0 Å². The van der Waals surface area contributed by atoms with E-state index in [9.17, 15) is 13.2 Å². The lowest BCUT2D eigenvalue weighted by molar-refractivity contribution is -0.195. The van der Waals surface area contributed by atoms with E-state index >= 15 is 0 Å². The van der Waals surface area contributed by atoms with Crippen molar-refractivity contribution in [3.8, 4) is 0 Å². The molecule has 0 amide bonds. The Morgan fingerprint density at radius 2 is 1.92 bits per heavy atom.